The topological polar surface area (TPSA) is 47.9 Å². The van der Waals surface area contributed by atoms with Crippen LogP contribution in [0.4, 0.5) is 4.39 Å². The molecule has 2 aromatic carbocycles. The Kier molecular flexibility index (Phi) is 6.95. The molecule has 1 atom stereocenters. The number of hydrogen-bond acceptors (Lipinski definition) is 2. The largest absolute Gasteiger partial charge is 0.386 e. The average molecular weight is 343 g/mol. The van der Waals surface area contributed by atoms with Crippen LogP contribution in [0, 0.1) is 12.7 Å². The highest BCUT2D eigenvalue weighted by molar-refractivity contribution is 5.79. The Morgan fingerprint density at radius 1 is 1.16 bits per heavy atom. The number of halogens is 1. The zero-order valence-corrected chi connectivity index (χ0v) is 15.0. The van der Waals surface area contributed by atoms with Crippen molar-refractivity contribution in [1.82, 2.24) is 10.2 Å². The van der Waals surface area contributed by atoms with E-state index in [2.05, 4.69) is 10.3 Å². The Hall–Kier alpha value is -2.40. The van der Waals surface area contributed by atoms with Gasteiger partial charge in [0.05, 0.1) is 12.6 Å². The van der Waals surface area contributed by atoms with Crippen LogP contribution in [0.25, 0.3) is 0 Å². The van der Waals surface area contributed by atoms with E-state index in [9.17, 15) is 9.50 Å². The number of hydrogen-bond donors (Lipinski definition) is 2. The van der Waals surface area contributed by atoms with E-state index in [-0.39, 0.29) is 12.4 Å². The highest BCUT2D eigenvalue weighted by atomic mass is 19.1. The minimum atomic E-state index is -0.645. The van der Waals surface area contributed by atoms with E-state index in [4.69, 9.17) is 0 Å². The fraction of sp³-hybridized carbons (Fsp3) is 0.350. The molecule has 0 heterocycles. The second kappa shape index (κ2) is 9.18. The molecule has 0 aliphatic heterocycles. The quantitative estimate of drug-likeness (QED) is 0.625. The molecule has 2 rings (SSSR count). The summed E-state index contributed by atoms with van der Waals surface area (Å²) in [7, 11) is 1.92. The average Bonchev–Trinajstić information content (AvgIpc) is 2.60. The molecule has 2 N–H and O–H groups in total. The van der Waals surface area contributed by atoms with Gasteiger partial charge in [-0.3, -0.25) is 4.99 Å². The van der Waals surface area contributed by atoms with Crippen molar-refractivity contribution in [2.45, 2.75) is 26.5 Å². The molecule has 25 heavy (non-hydrogen) atoms. The maximum Gasteiger partial charge on any atom is 0.194 e. The van der Waals surface area contributed by atoms with Crippen LogP contribution in [-0.2, 0) is 6.54 Å². The molecule has 1 unspecified atom stereocenters. The van der Waals surface area contributed by atoms with Gasteiger partial charge < -0.3 is 15.3 Å². The standard InChI is InChI=1S/C20H26FN3O/c1-4-22-20(24(3)14-16-7-11-18(21)12-8-16)23-13-19(25)17-9-5-15(2)6-10-17/h5-12,19,25H,4,13-14H2,1-3H3,(H,22,23). The fourth-order valence-electron chi connectivity index (χ4n) is 2.48. The zero-order chi connectivity index (χ0) is 18.2. The second-order valence-electron chi connectivity index (χ2n) is 6.10. The Labute approximate surface area is 149 Å². The van der Waals surface area contributed by atoms with Crippen molar-refractivity contribution in [3.8, 4) is 0 Å². The van der Waals surface area contributed by atoms with Crippen molar-refractivity contribution >= 4 is 5.96 Å². The van der Waals surface area contributed by atoms with Crippen LogP contribution < -0.4 is 5.32 Å². The van der Waals surface area contributed by atoms with Gasteiger partial charge in [0.15, 0.2) is 5.96 Å². The molecule has 0 spiro atoms. The van der Waals surface area contributed by atoms with Gasteiger partial charge in [0, 0.05) is 20.1 Å². The number of nitrogens with zero attached hydrogens (tertiary/aromatic N) is 2. The number of rotatable bonds is 6. The molecule has 0 bridgehead atoms. The molecule has 2 aromatic rings. The number of nitrogens with one attached hydrogen (secondary N) is 1. The van der Waals surface area contributed by atoms with Gasteiger partial charge in [-0.05, 0) is 37.1 Å². The molecular weight excluding hydrogens is 317 g/mol. The lowest BCUT2D eigenvalue weighted by Gasteiger charge is -2.22. The Balaban J connectivity index is 2.03. The fourth-order valence-corrected chi connectivity index (χ4v) is 2.48. The highest BCUT2D eigenvalue weighted by Crippen LogP contribution is 2.14. The monoisotopic (exact) mass is 343 g/mol. The molecule has 134 valence electrons. The SMILES string of the molecule is CCNC(=NCC(O)c1ccc(C)cc1)N(C)Cc1ccc(F)cc1. The smallest absolute Gasteiger partial charge is 0.194 e. The van der Waals surface area contributed by atoms with Crippen LogP contribution in [0.5, 0.6) is 0 Å². The van der Waals surface area contributed by atoms with E-state index in [0.717, 1.165) is 23.2 Å². The molecule has 0 fully saturated rings. The Bertz CT molecular complexity index is 683. The van der Waals surface area contributed by atoms with Gasteiger partial charge in [-0.1, -0.05) is 42.0 Å². The first-order valence-corrected chi connectivity index (χ1v) is 8.48. The summed E-state index contributed by atoms with van der Waals surface area (Å²) in [4.78, 5) is 6.49. The lowest BCUT2D eigenvalue weighted by Crippen LogP contribution is -2.38. The summed E-state index contributed by atoms with van der Waals surface area (Å²) in [6.07, 6.45) is -0.645. The van der Waals surface area contributed by atoms with Gasteiger partial charge in [-0.15, -0.1) is 0 Å². The summed E-state index contributed by atoms with van der Waals surface area (Å²) in [6.45, 7) is 5.62. The van der Waals surface area contributed by atoms with E-state index in [1.807, 2.05) is 50.1 Å². The predicted octanol–water partition coefficient (Wildman–Crippen LogP) is 3.27. The van der Waals surface area contributed by atoms with E-state index in [1.54, 1.807) is 12.1 Å². The summed E-state index contributed by atoms with van der Waals surface area (Å²) < 4.78 is 13.0. The molecule has 4 nitrogen and oxygen atoms in total. The number of aliphatic hydroxyl groups is 1. The number of aliphatic hydroxyl groups excluding tert-OH is 1. The number of aryl methyl sites for hydroxylation is 1. The van der Waals surface area contributed by atoms with E-state index in [1.165, 1.54) is 12.1 Å². The molecule has 0 aliphatic carbocycles. The third kappa shape index (κ3) is 5.87. The number of benzene rings is 2. The third-order valence-corrected chi connectivity index (χ3v) is 3.91. The first-order valence-electron chi connectivity index (χ1n) is 8.48. The molecule has 5 heteroatoms. The van der Waals surface area contributed by atoms with Crippen LogP contribution in [0.2, 0.25) is 0 Å². The van der Waals surface area contributed by atoms with Crippen molar-refractivity contribution < 1.29 is 9.50 Å². The highest BCUT2D eigenvalue weighted by Gasteiger charge is 2.10. The van der Waals surface area contributed by atoms with Crippen LogP contribution in [0.15, 0.2) is 53.5 Å². The molecule has 0 saturated heterocycles. The maximum atomic E-state index is 13.0. The summed E-state index contributed by atoms with van der Waals surface area (Å²) in [5.74, 6) is 0.464. The first-order chi connectivity index (χ1) is 12.0. The van der Waals surface area contributed by atoms with Crippen molar-refractivity contribution in [2.75, 3.05) is 20.1 Å². The minimum absolute atomic E-state index is 0.242. The van der Waals surface area contributed by atoms with Gasteiger partial charge in [0.25, 0.3) is 0 Å². The van der Waals surface area contributed by atoms with Gasteiger partial charge in [-0.25, -0.2) is 4.39 Å². The molecule has 0 radical (unpaired) electrons. The minimum Gasteiger partial charge on any atom is -0.386 e. The van der Waals surface area contributed by atoms with Crippen molar-refractivity contribution in [3.05, 3.63) is 71.0 Å². The van der Waals surface area contributed by atoms with E-state index < -0.39 is 6.10 Å². The van der Waals surface area contributed by atoms with E-state index >= 15 is 0 Å². The van der Waals surface area contributed by atoms with Gasteiger partial charge in [0.1, 0.15) is 5.82 Å². The Morgan fingerprint density at radius 3 is 2.40 bits per heavy atom. The lowest BCUT2D eigenvalue weighted by atomic mass is 10.1. The Morgan fingerprint density at radius 2 is 1.80 bits per heavy atom. The molecular formula is C20H26FN3O. The summed E-state index contributed by atoms with van der Waals surface area (Å²) in [5, 5.41) is 13.6. The summed E-state index contributed by atoms with van der Waals surface area (Å²) >= 11 is 0. The predicted molar refractivity (Wildman–Crippen MR) is 100.0 cm³/mol. The molecule has 0 aliphatic rings. The van der Waals surface area contributed by atoms with Crippen LogP contribution in [-0.4, -0.2) is 36.1 Å². The molecule has 0 amide bonds. The third-order valence-electron chi connectivity index (χ3n) is 3.91. The second-order valence-corrected chi connectivity index (χ2v) is 6.10. The van der Waals surface area contributed by atoms with Crippen LogP contribution in [0.3, 0.4) is 0 Å². The number of aliphatic imine (C=N–C) groups is 1. The van der Waals surface area contributed by atoms with Crippen molar-refractivity contribution in [2.24, 2.45) is 4.99 Å². The summed E-state index contributed by atoms with van der Waals surface area (Å²) in [5.41, 5.74) is 3.01. The lowest BCUT2D eigenvalue weighted by molar-refractivity contribution is 0.186. The van der Waals surface area contributed by atoms with Gasteiger partial charge in [0.2, 0.25) is 0 Å². The van der Waals surface area contributed by atoms with Gasteiger partial charge >= 0.3 is 0 Å². The number of guanidine groups is 1. The maximum absolute atomic E-state index is 13.0. The normalized spacial score (nSPS) is 12.8. The van der Waals surface area contributed by atoms with Crippen molar-refractivity contribution in [1.29, 1.82) is 0 Å². The molecule has 0 saturated carbocycles. The summed E-state index contributed by atoms with van der Waals surface area (Å²) in [6, 6.07) is 14.2. The van der Waals surface area contributed by atoms with Crippen LogP contribution in [0.1, 0.15) is 29.7 Å². The first kappa shape index (κ1) is 18.9. The van der Waals surface area contributed by atoms with Gasteiger partial charge in [-0.2, -0.15) is 0 Å². The zero-order valence-electron chi connectivity index (χ0n) is 15.0. The van der Waals surface area contributed by atoms with Crippen molar-refractivity contribution in [3.63, 3.8) is 0 Å². The molecule has 0 aromatic heterocycles. The van der Waals surface area contributed by atoms with E-state index in [0.29, 0.717) is 12.5 Å². The van der Waals surface area contributed by atoms with Crippen LogP contribution >= 0.6 is 0 Å².